The van der Waals surface area contributed by atoms with Crippen LogP contribution in [0.15, 0.2) is 18.2 Å². The Morgan fingerprint density at radius 2 is 2.31 bits per heavy atom. The third-order valence-electron chi connectivity index (χ3n) is 3.30. The Bertz CT molecular complexity index is 365. The molecule has 88 valence electrons. The number of hydrogen-bond donors (Lipinski definition) is 1. The molecule has 2 rings (SSSR count). The van der Waals surface area contributed by atoms with Crippen LogP contribution in [-0.2, 0) is 0 Å². The van der Waals surface area contributed by atoms with E-state index >= 15 is 0 Å². The lowest BCUT2D eigenvalue weighted by Crippen LogP contribution is -2.20. The summed E-state index contributed by atoms with van der Waals surface area (Å²) < 4.78 is 13.7. The molecule has 2 nitrogen and oxygen atoms in total. The highest BCUT2D eigenvalue weighted by molar-refractivity contribution is 5.55. The Balaban J connectivity index is 2.08. The molecule has 1 unspecified atom stereocenters. The van der Waals surface area contributed by atoms with Gasteiger partial charge < -0.3 is 10.6 Å². The van der Waals surface area contributed by atoms with E-state index in [1.54, 1.807) is 12.1 Å². The smallest absolute Gasteiger partial charge is 0.148 e. The maximum atomic E-state index is 13.7. The highest BCUT2D eigenvalue weighted by Crippen LogP contribution is 2.29. The Morgan fingerprint density at radius 1 is 1.50 bits per heavy atom. The lowest BCUT2D eigenvalue weighted by molar-refractivity contribution is 0.529. The normalized spacial score (nSPS) is 20.4. The van der Waals surface area contributed by atoms with Crippen molar-refractivity contribution in [3.05, 3.63) is 24.0 Å². The average Bonchev–Trinajstić information content (AvgIpc) is 2.67. The van der Waals surface area contributed by atoms with Gasteiger partial charge in [-0.05, 0) is 37.0 Å². The van der Waals surface area contributed by atoms with E-state index in [1.165, 1.54) is 25.3 Å². The summed E-state index contributed by atoms with van der Waals surface area (Å²) in [6.45, 7) is 4.15. The van der Waals surface area contributed by atoms with Gasteiger partial charge in [-0.2, -0.15) is 0 Å². The zero-order chi connectivity index (χ0) is 11.5. The first-order chi connectivity index (χ1) is 7.70. The second kappa shape index (κ2) is 4.73. The zero-order valence-corrected chi connectivity index (χ0v) is 9.75. The highest BCUT2D eigenvalue weighted by atomic mass is 19.1. The lowest BCUT2D eigenvalue weighted by atomic mass is 10.0. The Kier molecular flexibility index (Phi) is 3.32. The molecule has 1 aliphatic rings. The van der Waals surface area contributed by atoms with E-state index < -0.39 is 0 Å². The molecule has 0 radical (unpaired) electrons. The molecule has 0 aliphatic carbocycles. The van der Waals surface area contributed by atoms with Gasteiger partial charge in [0, 0.05) is 18.8 Å². The van der Waals surface area contributed by atoms with Gasteiger partial charge in [0.1, 0.15) is 5.82 Å². The quantitative estimate of drug-likeness (QED) is 0.796. The van der Waals surface area contributed by atoms with Gasteiger partial charge in [-0.3, -0.25) is 0 Å². The van der Waals surface area contributed by atoms with E-state index in [1.807, 2.05) is 0 Å². The molecule has 16 heavy (non-hydrogen) atoms. The first-order valence-corrected chi connectivity index (χ1v) is 6.00. The highest BCUT2D eigenvalue weighted by Gasteiger charge is 2.23. The van der Waals surface area contributed by atoms with Crippen LogP contribution in [0.25, 0.3) is 0 Å². The van der Waals surface area contributed by atoms with Crippen molar-refractivity contribution in [2.75, 3.05) is 23.7 Å². The first kappa shape index (κ1) is 11.2. The van der Waals surface area contributed by atoms with Crippen LogP contribution >= 0.6 is 0 Å². The minimum Gasteiger partial charge on any atom is -0.399 e. The number of benzene rings is 1. The maximum Gasteiger partial charge on any atom is 0.148 e. The predicted molar refractivity (Wildman–Crippen MR) is 66.0 cm³/mol. The monoisotopic (exact) mass is 222 g/mol. The number of hydrogen-bond acceptors (Lipinski definition) is 2. The van der Waals surface area contributed by atoms with Crippen molar-refractivity contribution in [2.45, 2.75) is 26.2 Å². The third kappa shape index (κ3) is 2.29. The van der Waals surface area contributed by atoms with Gasteiger partial charge in [0.2, 0.25) is 0 Å². The van der Waals surface area contributed by atoms with Gasteiger partial charge in [-0.1, -0.05) is 13.3 Å². The number of halogens is 1. The summed E-state index contributed by atoms with van der Waals surface area (Å²) in [5.74, 6) is 0.527. The van der Waals surface area contributed by atoms with Crippen LogP contribution in [0.5, 0.6) is 0 Å². The molecule has 0 bridgehead atoms. The largest absolute Gasteiger partial charge is 0.399 e. The first-order valence-electron chi connectivity index (χ1n) is 6.00. The van der Waals surface area contributed by atoms with Crippen molar-refractivity contribution in [3.8, 4) is 0 Å². The van der Waals surface area contributed by atoms with E-state index in [0.717, 1.165) is 19.0 Å². The van der Waals surface area contributed by atoms with Gasteiger partial charge in [0.15, 0.2) is 0 Å². The van der Waals surface area contributed by atoms with Gasteiger partial charge in [-0.15, -0.1) is 0 Å². The van der Waals surface area contributed by atoms with Crippen LogP contribution in [0.1, 0.15) is 26.2 Å². The van der Waals surface area contributed by atoms with Crippen LogP contribution in [0.3, 0.4) is 0 Å². The number of anilines is 2. The van der Waals surface area contributed by atoms with Crippen molar-refractivity contribution >= 4 is 11.4 Å². The van der Waals surface area contributed by atoms with Gasteiger partial charge in [-0.25, -0.2) is 4.39 Å². The Hall–Kier alpha value is -1.25. The number of nitrogens with two attached hydrogens (primary N) is 1. The molecule has 1 aromatic carbocycles. The molecule has 1 heterocycles. The lowest BCUT2D eigenvalue weighted by Gasteiger charge is -2.19. The Labute approximate surface area is 96.2 Å². The molecule has 0 amide bonds. The van der Waals surface area contributed by atoms with Crippen LogP contribution in [0.2, 0.25) is 0 Å². The number of nitrogens with zero attached hydrogens (tertiary/aromatic N) is 1. The predicted octanol–water partition coefficient (Wildman–Crippen LogP) is 3.03. The minimum absolute atomic E-state index is 0.197. The van der Waals surface area contributed by atoms with E-state index in [-0.39, 0.29) is 5.82 Å². The summed E-state index contributed by atoms with van der Waals surface area (Å²) in [5, 5.41) is 0. The third-order valence-corrected chi connectivity index (χ3v) is 3.30. The summed E-state index contributed by atoms with van der Waals surface area (Å²) >= 11 is 0. The van der Waals surface area contributed by atoms with Gasteiger partial charge in [0.05, 0.1) is 5.69 Å². The summed E-state index contributed by atoms with van der Waals surface area (Å²) in [5.41, 5.74) is 6.74. The molecule has 1 atom stereocenters. The molecule has 0 saturated carbocycles. The van der Waals surface area contributed by atoms with E-state index in [9.17, 15) is 4.39 Å². The molecule has 3 heteroatoms. The average molecular weight is 222 g/mol. The minimum atomic E-state index is -0.197. The maximum absolute atomic E-state index is 13.7. The van der Waals surface area contributed by atoms with Gasteiger partial charge >= 0.3 is 0 Å². The fourth-order valence-corrected chi connectivity index (χ4v) is 2.47. The summed E-state index contributed by atoms with van der Waals surface area (Å²) in [4.78, 5) is 2.13. The molecule has 0 aromatic heterocycles. The zero-order valence-electron chi connectivity index (χ0n) is 9.75. The fraction of sp³-hybridized carbons (Fsp3) is 0.538. The van der Waals surface area contributed by atoms with Crippen LogP contribution in [-0.4, -0.2) is 13.1 Å². The van der Waals surface area contributed by atoms with E-state index in [2.05, 4.69) is 11.8 Å². The molecule has 1 saturated heterocycles. The Morgan fingerprint density at radius 3 is 3.00 bits per heavy atom. The summed E-state index contributed by atoms with van der Waals surface area (Å²) in [7, 11) is 0. The molecule has 2 N–H and O–H groups in total. The van der Waals surface area contributed by atoms with Crippen molar-refractivity contribution in [1.82, 2.24) is 0 Å². The molecule has 1 aliphatic heterocycles. The van der Waals surface area contributed by atoms with Crippen molar-refractivity contribution in [1.29, 1.82) is 0 Å². The van der Waals surface area contributed by atoms with E-state index in [0.29, 0.717) is 11.4 Å². The molecular formula is C13H19FN2. The van der Waals surface area contributed by atoms with E-state index in [4.69, 9.17) is 5.73 Å². The summed E-state index contributed by atoms with van der Waals surface area (Å²) in [6, 6.07) is 4.97. The summed E-state index contributed by atoms with van der Waals surface area (Å²) in [6.07, 6.45) is 3.63. The SMILES string of the molecule is CCCC1CCN(c2ccc(N)cc2F)C1. The topological polar surface area (TPSA) is 29.3 Å². The number of rotatable bonds is 3. The van der Waals surface area contributed by atoms with Gasteiger partial charge in [0.25, 0.3) is 0 Å². The number of nitrogen functional groups attached to an aromatic ring is 1. The second-order valence-corrected chi connectivity index (χ2v) is 4.60. The van der Waals surface area contributed by atoms with Crippen molar-refractivity contribution < 1.29 is 4.39 Å². The fourth-order valence-electron chi connectivity index (χ4n) is 2.47. The van der Waals surface area contributed by atoms with Crippen LogP contribution < -0.4 is 10.6 Å². The van der Waals surface area contributed by atoms with Crippen LogP contribution in [0.4, 0.5) is 15.8 Å². The molecular weight excluding hydrogens is 203 g/mol. The van der Waals surface area contributed by atoms with Crippen molar-refractivity contribution in [2.24, 2.45) is 5.92 Å². The standard InChI is InChI=1S/C13H19FN2/c1-2-3-10-6-7-16(9-10)13-5-4-11(15)8-12(13)14/h4-5,8,10H,2-3,6-7,9,15H2,1H3. The van der Waals surface area contributed by atoms with Crippen molar-refractivity contribution in [3.63, 3.8) is 0 Å². The molecule has 0 spiro atoms. The molecule has 1 fully saturated rings. The molecule has 1 aromatic rings. The van der Waals surface area contributed by atoms with Crippen LogP contribution in [0, 0.1) is 11.7 Å². The second-order valence-electron chi connectivity index (χ2n) is 4.60.